The van der Waals surface area contributed by atoms with Crippen molar-refractivity contribution in [3.05, 3.63) is 53.1 Å². The van der Waals surface area contributed by atoms with Crippen molar-refractivity contribution < 1.29 is 9.60 Å². The van der Waals surface area contributed by atoms with Crippen LogP contribution in [0.1, 0.15) is 16.8 Å². The molecule has 1 aromatic carbocycles. The van der Waals surface area contributed by atoms with Crippen molar-refractivity contribution in [1.29, 1.82) is 0 Å². The summed E-state index contributed by atoms with van der Waals surface area (Å²) in [6.07, 6.45) is 1.68. The van der Waals surface area contributed by atoms with Crippen LogP contribution in [0.25, 0.3) is 0 Å². The lowest BCUT2D eigenvalue weighted by Crippen LogP contribution is -2.14. The third kappa shape index (κ3) is 2.48. The maximum absolute atomic E-state index is 13.4. The Morgan fingerprint density at radius 3 is 2.89 bits per heavy atom. The van der Waals surface area contributed by atoms with Crippen LogP contribution in [0, 0.1) is 12.7 Å². The van der Waals surface area contributed by atoms with E-state index in [9.17, 15) is 4.39 Å². The summed E-state index contributed by atoms with van der Waals surface area (Å²) in [5.41, 5.74) is 7.47. The van der Waals surface area contributed by atoms with Crippen LogP contribution >= 0.6 is 0 Å². The molecule has 0 unspecified atom stereocenters. The predicted molar refractivity (Wildman–Crippen MR) is 65.0 cm³/mol. The van der Waals surface area contributed by atoms with E-state index in [4.69, 9.17) is 10.9 Å². The van der Waals surface area contributed by atoms with Crippen LogP contribution in [-0.4, -0.2) is 20.8 Å². The monoisotopic (exact) mass is 248 g/mol. The summed E-state index contributed by atoms with van der Waals surface area (Å²) < 4.78 is 15.2. The Morgan fingerprint density at radius 1 is 1.50 bits per heavy atom. The molecule has 0 radical (unpaired) electrons. The van der Waals surface area contributed by atoms with Crippen molar-refractivity contribution in [2.75, 3.05) is 0 Å². The van der Waals surface area contributed by atoms with Gasteiger partial charge in [-0.05, 0) is 36.8 Å². The molecule has 5 nitrogen and oxygen atoms in total. The molecule has 1 heterocycles. The molecule has 2 aromatic rings. The first kappa shape index (κ1) is 12.1. The zero-order valence-electron chi connectivity index (χ0n) is 9.84. The van der Waals surface area contributed by atoms with Gasteiger partial charge in [-0.25, -0.2) is 4.39 Å². The largest absolute Gasteiger partial charge is 0.409 e. The van der Waals surface area contributed by atoms with Gasteiger partial charge in [0, 0.05) is 17.5 Å². The molecule has 0 aliphatic heterocycles. The Morgan fingerprint density at radius 2 is 2.28 bits per heavy atom. The lowest BCUT2D eigenvalue weighted by molar-refractivity contribution is 0.318. The Hall–Kier alpha value is -2.37. The average Bonchev–Trinajstić information content (AvgIpc) is 2.73. The first-order valence-corrected chi connectivity index (χ1v) is 5.36. The normalized spacial score (nSPS) is 11.8. The highest BCUT2D eigenvalue weighted by atomic mass is 19.1. The van der Waals surface area contributed by atoms with Gasteiger partial charge in [0.25, 0.3) is 0 Å². The second-order valence-corrected chi connectivity index (χ2v) is 3.96. The number of oxime groups is 1. The quantitative estimate of drug-likeness (QED) is 0.374. The molecule has 0 aliphatic rings. The van der Waals surface area contributed by atoms with Crippen molar-refractivity contribution in [2.24, 2.45) is 10.9 Å². The van der Waals surface area contributed by atoms with Crippen molar-refractivity contribution in [3.8, 4) is 0 Å². The van der Waals surface area contributed by atoms with Gasteiger partial charge in [-0.15, -0.1) is 0 Å². The molecule has 3 N–H and O–H groups in total. The lowest BCUT2D eigenvalue weighted by Gasteiger charge is -2.07. The maximum atomic E-state index is 13.4. The number of aryl methyl sites for hydroxylation is 1. The van der Waals surface area contributed by atoms with E-state index < -0.39 is 5.82 Å². The van der Waals surface area contributed by atoms with Crippen LogP contribution in [0.2, 0.25) is 0 Å². The minimum atomic E-state index is -0.432. The SMILES string of the molecule is Cc1ccnn1Cc1cc(F)cc(/C(N)=N/O)c1. The number of aromatic nitrogens is 2. The van der Waals surface area contributed by atoms with Crippen molar-refractivity contribution in [2.45, 2.75) is 13.5 Å². The molecule has 18 heavy (non-hydrogen) atoms. The highest BCUT2D eigenvalue weighted by Gasteiger charge is 2.06. The van der Waals surface area contributed by atoms with E-state index in [0.717, 1.165) is 5.69 Å². The molecule has 0 fully saturated rings. The Kier molecular flexibility index (Phi) is 3.27. The highest BCUT2D eigenvalue weighted by molar-refractivity contribution is 5.97. The van der Waals surface area contributed by atoms with Crippen molar-refractivity contribution in [3.63, 3.8) is 0 Å². The van der Waals surface area contributed by atoms with Crippen LogP contribution < -0.4 is 5.73 Å². The molecule has 2 rings (SSSR count). The van der Waals surface area contributed by atoms with Crippen molar-refractivity contribution >= 4 is 5.84 Å². The van der Waals surface area contributed by atoms with E-state index in [1.54, 1.807) is 16.9 Å². The van der Waals surface area contributed by atoms with E-state index in [0.29, 0.717) is 17.7 Å². The Balaban J connectivity index is 2.34. The summed E-state index contributed by atoms with van der Waals surface area (Å²) >= 11 is 0. The molecule has 0 spiro atoms. The Bertz CT molecular complexity index is 592. The molecule has 0 atom stereocenters. The minimum absolute atomic E-state index is 0.118. The minimum Gasteiger partial charge on any atom is -0.409 e. The van der Waals surface area contributed by atoms with Crippen molar-refractivity contribution in [1.82, 2.24) is 9.78 Å². The molecule has 1 aromatic heterocycles. The van der Waals surface area contributed by atoms with Gasteiger partial charge in [-0.1, -0.05) is 5.16 Å². The maximum Gasteiger partial charge on any atom is 0.170 e. The molecular formula is C12H13FN4O. The second-order valence-electron chi connectivity index (χ2n) is 3.96. The van der Waals surface area contributed by atoms with E-state index in [-0.39, 0.29) is 5.84 Å². The fourth-order valence-electron chi connectivity index (χ4n) is 1.68. The number of hydrogen-bond acceptors (Lipinski definition) is 3. The summed E-state index contributed by atoms with van der Waals surface area (Å²) in [5, 5.41) is 15.6. The third-order valence-corrected chi connectivity index (χ3v) is 2.62. The van der Waals surface area contributed by atoms with Gasteiger partial charge < -0.3 is 10.9 Å². The molecule has 6 heteroatoms. The van der Waals surface area contributed by atoms with Crippen LogP contribution in [0.5, 0.6) is 0 Å². The average molecular weight is 248 g/mol. The van der Waals surface area contributed by atoms with Gasteiger partial charge in [-0.2, -0.15) is 5.10 Å². The summed E-state index contributed by atoms with van der Waals surface area (Å²) in [5.74, 6) is -0.549. The van der Waals surface area contributed by atoms with Gasteiger partial charge in [0.05, 0.1) is 6.54 Å². The van der Waals surface area contributed by atoms with Gasteiger partial charge >= 0.3 is 0 Å². The molecule has 0 amide bonds. The van der Waals surface area contributed by atoms with Crippen LogP contribution in [0.15, 0.2) is 35.6 Å². The summed E-state index contributed by atoms with van der Waals surface area (Å²) in [6.45, 7) is 2.35. The van der Waals surface area contributed by atoms with Gasteiger partial charge in [0.15, 0.2) is 5.84 Å². The third-order valence-electron chi connectivity index (χ3n) is 2.62. The van der Waals surface area contributed by atoms with Gasteiger partial charge in [0.1, 0.15) is 5.82 Å². The summed E-state index contributed by atoms with van der Waals surface area (Å²) in [7, 11) is 0. The fraction of sp³-hybridized carbons (Fsp3) is 0.167. The molecule has 0 bridgehead atoms. The zero-order chi connectivity index (χ0) is 13.1. The fourth-order valence-corrected chi connectivity index (χ4v) is 1.68. The molecule has 94 valence electrons. The number of hydrogen-bond donors (Lipinski definition) is 2. The zero-order valence-corrected chi connectivity index (χ0v) is 9.84. The lowest BCUT2D eigenvalue weighted by atomic mass is 10.1. The smallest absolute Gasteiger partial charge is 0.170 e. The molecule has 0 saturated heterocycles. The number of halogens is 1. The number of rotatable bonds is 3. The second kappa shape index (κ2) is 4.87. The summed E-state index contributed by atoms with van der Waals surface area (Å²) in [4.78, 5) is 0. The standard InChI is InChI=1S/C12H13FN4O/c1-8-2-3-15-17(8)7-9-4-10(12(14)16-18)6-11(13)5-9/h2-6,18H,7H2,1H3,(H2,14,16). The van der Waals surface area contributed by atoms with Gasteiger partial charge in [-0.3, -0.25) is 4.68 Å². The molecule has 0 saturated carbocycles. The topological polar surface area (TPSA) is 76.4 Å². The van der Waals surface area contributed by atoms with Crippen LogP contribution in [0.3, 0.4) is 0 Å². The molecular weight excluding hydrogens is 235 g/mol. The van der Waals surface area contributed by atoms with E-state index in [1.807, 2.05) is 13.0 Å². The molecule has 0 aliphatic carbocycles. The number of amidine groups is 1. The van der Waals surface area contributed by atoms with Crippen LogP contribution in [0.4, 0.5) is 4.39 Å². The first-order valence-electron chi connectivity index (χ1n) is 5.36. The van der Waals surface area contributed by atoms with Gasteiger partial charge in [0.2, 0.25) is 0 Å². The number of nitrogens with zero attached hydrogens (tertiary/aromatic N) is 3. The van der Waals surface area contributed by atoms with Crippen LogP contribution in [-0.2, 0) is 6.54 Å². The predicted octanol–water partition coefficient (Wildman–Crippen LogP) is 1.47. The van der Waals surface area contributed by atoms with E-state index in [2.05, 4.69) is 10.3 Å². The first-order chi connectivity index (χ1) is 8.60. The van der Waals surface area contributed by atoms with E-state index in [1.165, 1.54) is 12.1 Å². The van der Waals surface area contributed by atoms with E-state index >= 15 is 0 Å². The number of benzene rings is 1. The Labute approximate surface area is 103 Å². The number of nitrogens with two attached hydrogens (primary N) is 1. The highest BCUT2D eigenvalue weighted by Crippen LogP contribution is 2.11. The summed E-state index contributed by atoms with van der Waals surface area (Å²) in [6, 6.07) is 6.15.